The molecule has 3 aliphatic carbocycles. The first kappa shape index (κ1) is 30.3. The van der Waals surface area contributed by atoms with E-state index in [0.29, 0.717) is 13.0 Å². The molecule has 5 atom stereocenters. The SMILES string of the molecule is CONC(=O)C(=O)C(CC1CC1)NC(=O)[C@@H]1C2C(CN1C(=O)[C@@H](NC(=O)OC(C)(C)C)C1CCCCC1)C2(C)C. The van der Waals surface area contributed by atoms with Crippen molar-refractivity contribution in [3.63, 3.8) is 0 Å². The van der Waals surface area contributed by atoms with Crippen LogP contribution in [0.3, 0.4) is 0 Å². The van der Waals surface area contributed by atoms with E-state index in [0.717, 1.165) is 44.9 Å². The molecule has 0 bridgehead atoms. The van der Waals surface area contributed by atoms with Gasteiger partial charge in [0.2, 0.25) is 17.6 Å². The monoisotopic (exact) mass is 562 g/mol. The number of hydroxylamine groups is 1. The van der Waals surface area contributed by atoms with Crippen LogP contribution in [0, 0.1) is 29.1 Å². The van der Waals surface area contributed by atoms with Gasteiger partial charge in [-0.3, -0.25) is 24.0 Å². The number of Topliss-reactive ketones (excluding diaryl/α,β-unsaturated/α-hetero) is 1. The number of hydrogen-bond acceptors (Lipinski definition) is 7. The molecule has 0 spiro atoms. The minimum atomic E-state index is -0.998. The molecule has 1 heterocycles. The number of hydrogen-bond donors (Lipinski definition) is 3. The third kappa shape index (κ3) is 6.78. The molecular weight excluding hydrogens is 516 g/mol. The minimum Gasteiger partial charge on any atom is -0.444 e. The quantitative estimate of drug-likeness (QED) is 0.274. The van der Waals surface area contributed by atoms with Crippen molar-refractivity contribution in [1.29, 1.82) is 0 Å². The van der Waals surface area contributed by atoms with Crippen molar-refractivity contribution in [3.05, 3.63) is 0 Å². The number of alkyl carbamates (subject to hydrolysis) is 1. The maximum absolute atomic E-state index is 14.2. The Morgan fingerprint density at radius 1 is 0.975 bits per heavy atom. The first-order valence-electron chi connectivity index (χ1n) is 14.7. The number of piperidine rings is 1. The molecule has 4 rings (SSSR count). The van der Waals surface area contributed by atoms with Crippen molar-refractivity contribution in [2.24, 2.45) is 29.1 Å². The number of nitrogens with one attached hydrogen (secondary N) is 3. The maximum atomic E-state index is 14.2. The third-order valence-corrected chi connectivity index (χ3v) is 9.14. The highest BCUT2D eigenvalue weighted by Gasteiger charge is 2.69. The van der Waals surface area contributed by atoms with E-state index in [1.807, 2.05) is 5.48 Å². The lowest BCUT2D eigenvalue weighted by atomic mass is 9.83. The predicted octanol–water partition coefficient (Wildman–Crippen LogP) is 2.47. The molecule has 4 aliphatic rings. The number of likely N-dealkylation sites (tertiary alicyclic amines) is 1. The van der Waals surface area contributed by atoms with E-state index in [9.17, 15) is 24.0 Å². The van der Waals surface area contributed by atoms with Crippen LogP contribution in [-0.4, -0.2) is 71.9 Å². The molecule has 0 aromatic rings. The van der Waals surface area contributed by atoms with Gasteiger partial charge in [-0.15, -0.1) is 0 Å². The second-order valence-corrected chi connectivity index (χ2v) is 13.7. The number of rotatable bonds is 10. The lowest BCUT2D eigenvalue weighted by Crippen LogP contribution is -2.60. The second-order valence-electron chi connectivity index (χ2n) is 13.7. The van der Waals surface area contributed by atoms with E-state index in [4.69, 9.17) is 4.74 Å². The van der Waals surface area contributed by atoms with Crippen LogP contribution in [0.25, 0.3) is 0 Å². The van der Waals surface area contributed by atoms with Gasteiger partial charge in [0, 0.05) is 6.54 Å². The molecule has 1 aliphatic heterocycles. The summed E-state index contributed by atoms with van der Waals surface area (Å²) in [6.07, 6.45) is 6.25. The Bertz CT molecular complexity index is 1010. The van der Waals surface area contributed by atoms with Crippen molar-refractivity contribution < 1.29 is 33.5 Å². The maximum Gasteiger partial charge on any atom is 0.408 e. The fourth-order valence-corrected chi connectivity index (χ4v) is 6.75. The fraction of sp³-hybridized carbons (Fsp3) is 0.828. The van der Waals surface area contributed by atoms with E-state index >= 15 is 0 Å². The van der Waals surface area contributed by atoms with Crippen molar-refractivity contribution >= 4 is 29.6 Å². The Morgan fingerprint density at radius 3 is 2.20 bits per heavy atom. The van der Waals surface area contributed by atoms with E-state index in [1.165, 1.54) is 7.11 Å². The first-order chi connectivity index (χ1) is 18.7. The van der Waals surface area contributed by atoms with Gasteiger partial charge in [-0.2, -0.15) is 0 Å². The van der Waals surface area contributed by atoms with Gasteiger partial charge in [0.1, 0.15) is 17.7 Å². The topological polar surface area (TPSA) is 143 Å². The van der Waals surface area contributed by atoms with Crippen molar-refractivity contribution in [1.82, 2.24) is 21.0 Å². The number of amides is 4. The standard InChI is InChI=1S/C29H46N4O7/c1-28(2,3)40-27(38)31-21(17-10-8-7-9-11-17)26(37)33-15-18-20(29(18,4)5)22(33)24(35)30-19(14-16-12-13-16)23(34)25(36)32-39-6/h16-22H,7-15H2,1-6H3,(H,30,35)(H,31,38)(H,32,36)/t18?,19?,20?,21-,22-/m0/s1. The molecule has 0 aromatic carbocycles. The summed E-state index contributed by atoms with van der Waals surface area (Å²) in [6.45, 7) is 9.88. The smallest absolute Gasteiger partial charge is 0.408 e. The van der Waals surface area contributed by atoms with E-state index < -0.39 is 47.4 Å². The number of fused-ring (bicyclic) bond motifs is 1. The highest BCUT2D eigenvalue weighted by atomic mass is 16.6. The van der Waals surface area contributed by atoms with Gasteiger partial charge in [-0.25, -0.2) is 10.3 Å². The Kier molecular flexibility index (Phi) is 8.82. The van der Waals surface area contributed by atoms with Crippen LogP contribution in [0.1, 0.15) is 86.0 Å². The van der Waals surface area contributed by atoms with E-state index in [-0.39, 0.29) is 35.0 Å². The Hall–Kier alpha value is -2.69. The Morgan fingerprint density at radius 2 is 1.62 bits per heavy atom. The van der Waals surface area contributed by atoms with Crippen LogP contribution in [0.15, 0.2) is 0 Å². The van der Waals surface area contributed by atoms with E-state index in [2.05, 4.69) is 29.3 Å². The molecule has 1 saturated heterocycles. The largest absolute Gasteiger partial charge is 0.444 e. The van der Waals surface area contributed by atoms with Crippen LogP contribution in [0.2, 0.25) is 0 Å². The molecule has 4 fully saturated rings. The average Bonchev–Trinajstić information content (AvgIpc) is 3.73. The lowest BCUT2D eigenvalue weighted by molar-refractivity contribution is -0.147. The summed E-state index contributed by atoms with van der Waals surface area (Å²) >= 11 is 0. The number of ketones is 1. The molecule has 4 amide bonds. The number of carbonyl (C=O) groups is 5. The highest BCUT2D eigenvalue weighted by molar-refractivity contribution is 6.38. The van der Waals surface area contributed by atoms with Crippen LogP contribution >= 0.6 is 0 Å². The van der Waals surface area contributed by atoms with Gasteiger partial charge in [0.25, 0.3) is 0 Å². The summed E-state index contributed by atoms with van der Waals surface area (Å²) in [5.41, 5.74) is 1.19. The molecule has 3 saturated carbocycles. The van der Waals surface area contributed by atoms with Gasteiger partial charge in [0.05, 0.1) is 13.2 Å². The highest BCUT2D eigenvalue weighted by Crippen LogP contribution is 2.65. The van der Waals surface area contributed by atoms with Gasteiger partial charge >= 0.3 is 12.0 Å². The van der Waals surface area contributed by atoms with Crippen LogP contribution in [-0.2, 0) is 28.8 Å². The molecule has 0 radical (unpaired) electrons. The molecule has 224 valence electrons. The average molecular weight is 563 g/mol. The normalized spacial score (nSPS) is 27.1. The Balaban J connectivity index is 1.55. The van der Waals surface area contributed by atoms with Crippen LogP contribution < -0.4 is 16.1 Å². The molecule has 3 unspecified atom stereocenters. The van der Waals surface area contributed by atoms with Gasteiger partial charge in [-0.1, -0.05) is 46.0 Å². The summed E-state index contributed by atoms with van der Waals surface area (Å²) in [5.74, 6) is -2.13. The second kappa shape index (κ2) is 11.7. The minimum absolute atomic E-state index is 0.0515. The molecule has 11 heteroatoms. The number of nitrogens with zero attached hydrogens (tertiary/aromatic N) is 1. The summed E-state index contributed by atoms with van der Waals surface area (Å²) in [7, 11) is 1.24. The molecule has 40 heavy (non-hydrogen) atoms. The number of ether oxygens (including phenoxy) is 1. The van der Waals surface area contributed by atoms with E-state index in [1.54, 1.807) is 25.7 Å². The van der Waals surface area contributed by atoms with Gasteiger partial charge in [0.15, 0.2) is 0 Å². The van der Waals surface area contributed by atoms with Crippen LogP contribution in [0.5, 0.6) is 0 Å². The molecule has 3 N–H and O–H groups in total. The lowest BCUT2D eigenvalue weighted by Gasteiger charge is -2.37. The molecule has 11 nitrogen and oxygen atoms in total. The van der Waals surface area contributed by atoms with Crippen molar-refractivity contribution in [2.45, 2.75) is 110 Å². The predicted molar refractivity (Wildman–Crippen MR) is 145 cm³/mol. The third-order valence-electron chi connectivity index (χ3n) is 9.14. The fourth-order valence-electron chi connectivity index (χ4n) is 6.75. The van der Waals surface area contributed by atoms with Crippen molar-refractivity contribution in [2.75, 3.05) is 13.7 Å². The van der Waals surface area contributed by atoms with Crippen LogP contribution in [0.4, 0.5) is 4.79 Å². The summed E-state index contributed by atoms with van der Waals surface area (Å²) < 4.78 is 5.49. The van der Waals surface area contributed by atoms with Gasteiger partial charge < -0.3 is 20.3 Å². The zero-order chi connectivity index (χ0) is 29.4. The first-order valence-corrected chi connectivity index (χ1v) is 14.7. The van der Waals surface area contributed by atoms with Gasteiger partial charge in [-0.05, 0) is 69.1 Å². The zero-order valence-electron chi connectivity index (χ0n) is 24.7. The summed E-state index contributed by atoms with van der Waals surface area (Å²) in [6, 6.07) is -2.59. The zero-order valence-corrected chi connectivity index (χ0v) is 24.7. The summed E-state index contributed by atoms with van der Waals surface area (Å²) in [5, 5.41) is 5.68. The summed E-state index contributed by atoms with van der Waals surface area (Å²) in [4.78, 5) is 72.2. The van der Waals surface area contributed by atoms with Crippen molar-refractivity contribution in [3.8, 4) is 0 Å². The number of carbonyl (C=O) groups excluding carboxylic acids is 5. The molecular formula is C29H46N4O7. The Labute approximate surface area is 236 Å². The molecule has 0 aromatic heterocycles.